The molecule has 2 nitrogen and oxygen atoms in total. The Balaban J connectivity index is 2.28. The van der Waals surface area contributed by atoms with Gasteiger partial charge in [-0.2, -0.15) is 0 Å². The van der Waals surface area contributed by atoms with E-state index in [1.54, 1.807) is 0 Å². The van der Waals surface area contributed by atoms with Crippen LogP contribution in [0.1, 0.15) is 31.0 Å². The molecule has 3 N–H and O–H groups in total. The molecule has 1 aromatic carbocycles. The normalized spacial score (nSPS) is 16.6. The lowest BCUT2D eigenvalue weighted by molar-refractivity contribution is 0.514. The van der Waals surface area contributed by atoms with Crippen LogP contribution in [0.5, 0.6) is 0 Å². The number of benzene rings is 1. The first-order chi connectivity index (χ1) is 6.68. The topological polar surface area (TPSA) is 38.0 Å². The van der Waals surface area contributed by atoms with Crippen LogP contribution in [0, 0.1) is 5.92 Å². The number of hydrogen-bond donors (Lipinski definition) is 2. The Morgan fingerprint density at radius 1 is 1.36 bits per heavy atom. The van der Waals surface area contributed by atoms with Gasteiger partial charge in [-0.3, -0.25) is 0 Å². The van der Waals surface area contributed by atoms with E-state index in [0.717, 1.165) is 13.0 Å². The third-order valence-electron chi connectivity index (χ3n) is 2.94. The SMILES string of the molecule is CC(C)[C@@H](N)c1ccc2c(c1)CCN2. The van der Waals surface area contributed by atoms with Crippen LogP contribution in [0.3, 0.4) is 0 Å². The molecule has 0 bridgehead atoms. The molecule has 14 heavy (non-hydrogen) atoms. The summed E-state index contributed by atoms with van der Waals surface area (Å²) < 4.78 is 0. The molecule has 1 aliphatic rings. The minimum Gasteiger partial charge on any atom is -0.384 e. The van der Waals surface area contributed by atoms with Crippen molar-refractivity contribution in [2.75, 3.05) is 11.9 Å². The summed E-state index contributed by atoms with van der Waals surface area (Å²) in [7, 11) is 0. The summed E-state index contributed by atoms with van der Waals surface area (Å²) in [4.78, 5) is 0. The third kappa shape index (κ3) is 1.62. The number of nitrogens with two attached hydrogens (primary N) is 1. The van der Waals surface area contributed by atoms with Crippen molar-refractivity contribution in [2.24, 2.45) is 11.7 Å². The number of fused-ring (bicyclic) bond motifs is 1. The molecule has 1 atom stereocenters. The summed E-state index contributed by atoms with van der Waals surface area (Å²) in [5.74, 6) is 0.502. The zero-order valence-electron chi connectivity index (χ0n) is 8.88. The van der Waals surface area contributed by atoms with Gasteiger partial charge in [0.25, 0.3) is 0 Å². The van der Waals surface area contributed by atoms with E-state index in [0.29, 0.717) is 5.92 Å². The summed E-state index contributed by atoms with van der Waals surface area (Å²) in [6.07, 6.45) is 1.13. The molecule has 0 aliphatic carbocycles. The molecule has 76 valence electrons. The predicted octanol–water partition coefficient (Wildman–Crippen LogP) is 2.31. The molecule has 0 fully saturated rings. The Labute approximate surface area is 85.5 Å². The van der Waals surface area contributed by atoms with E-state index in [-0.39, 0.29) is 6.04 Å². The standard InChI is InChI=1S/C12H18N2/c1-8(2)12(13)10-3-4-11-9(7-10)5-6-14-11/h3-4,7-8,12,14H,5-6,13H2,1-2H3/t12-/m1/s1. The van der Waals surface area contributed by atoms with Crippen LogP contribution in [0.15, 0.2) is 18.2 Å². The van der Waals surface area contributed by atoms with Gasteiger partial charge in [-0.15, -0.1) is 0 Å². The number of hydrogen-bond acceptors (Lipinski definition) is 2. The van der Waals surface area contributed by atoms with Crippen molar-refractivity contribution in [3.8, 4) is 0 Å². The molecule has 0 saturated carbocycles. The number of rotatable bonds is 2. The van der Waals surface area contributed by atoms with E-state index >= 15 is 0 Å². The molecule has 0 unspecified atom stereocenters. The summed E-state index contributed by atoms with van der Waals surface area (Å²) in [6.45, 7) is 5.39. The molecule has 0 amide bonds. The van der Waals surface area contributed by atoms with Crippen molar-refractivity contribution in [2.45, 2.75) is 26.3 Å². The smallest absolute Gasteiger partial charge is 0.0373 e. The van der Waals surface area contributed by atoms with Crippen LogP contribution in [0.4, 0.5) is 5.69 Å². The second-order valence-corrected chi connectivity index (χ2v) is 4.36. The number of anilines is 1. The molecule has 1 heterocycles. The van der Waals surface area contributed by atoms with Gasteiger partial charge in [0.05, 0.1) is 0 Å². The highest BCUT2D eigenvalue weighted by Gasteiger charge is 2.14. The van der Waals surface area contributed by atoms with Gasteiger partial charge < -0.3 is 11.1 Å². The Hall–Kier alpha value is -1.02. The first-order valence-corrected chi connectivity index (χ1v) is 5.31. The fraction of sp³-hybridized carbons (Fsp3) is 0.500. The zero-order chi connectivity index (χ0) is 10.1. The van der Waals surface area contributed by atoms with Gasteiger partial charge in [0.15, 0.2) is 0 Å². The molecule has 1 aromatic rings. The maximum Gasteiger partial charge on any atom is 0.0373 e. The average molecular weight is 190 g/mol. The fourth-order valence-electron chi connectivity index (χ4n) is 1.92. The monoisotopic (exact) mass is 190 g/mol. The van der Waals surface area contributed by atoms with Crippen LogP contribution in [-0.4, -0.2) is 6.54 Å². The quantitative estimate of drug-likeness (QED) is 0.751. The maximum absolute atomic E-state index is 6.11. The van der Waals surface area contributed by atoms with E-state index in [4.69, 9.17) is 5.73 Å². The van der Waals surface area contributed by atoms with Gasteiger partial charge >= 0.3 is 0 Å². The average Bonchev–Trinajstić information content (AvgIpc) is 2.62. The van der Waals surface area contributed by atoms with E-state index < -0.39 is 0 Å². The van der Waals surface area contributed by atoms with E-state index in [2.05, 4.69) is 37.4 Å². The lowest BCUT2D eigenvalue weighted by atomic mass is 9.95. The van der Waals surface area contributed by atoms with Crippen molar-refractivity contribution < 1.29 is 0 Å². The molecule has 2 heteroatoms. The predicted molar refractivity (Wildman–Crippen MR) is 60.4 cm³/mol. The second kappa shape index (κ2) is 3.62. The lowest BCUT2D eigenvalue weighted by Gasteiger charge is -2.16. The summed E-state index contributed by atoms with van der Waals surface area (Å²) in [5.41, 5.74) is 10.1. The maximum atomic E-state index is 6.11. The number of nitrogens with one attached hydrogen (secondary N) is 1. The van der Waals surface area contributed by atoms with Crippen LogP contribution < -0.4 is 11.1 Å². The first kappa shape index (κ1) is 9.53. The van der Waals surface area contributed by atoms with Crippen molar-refractivity contribution in [3.63, 3.8) is 0 Å². The Bertz CT molecular complexity index is 331. The first-order valence-electron chi connectivity index (χ1n) is 5.31. The Morgan fingerprint density at radius 3 is 2.86 bits per heavy atom. The van der Waals surface area contributed by atoms with Crippen molar-refractivity contribution >= 4 is 5.69 Å². The van der Waals surface area contributed by atoms with E-state index in [1.807, 2.05) is 0 Å². The molecule has 2 rings (SSSR count). The van der Waals surface area contributed by atoms with Crippen molar-refractivity contribution in [3.05, 3.63) is 29.3 Å². The van der Waals surface area contributed by atoms with Gasteiger partial charge in [0.2, 0.25) is 0 Å². The summed E-state index contributed by atoms with van der Waals surface area (Å²) in [6, 6.07) is 6.71. The largest absolute Gasteiger partial charge is 0.384 e. The minimum atomic E-state index is 0.167. The molecular formula is C12H18N2. The molecular weight excluding hydrogens is 172 g/mol. The summed E-state index contributed by atoms with van der Waals surface area (Å²) in [5, 5.41) is 3.35. The summed E-state index contributed by atoms with van der Waals surface area (Å²) >= 11 is 0. The fourth-order valence-corrected chi connectivity index (χ4v) is 1.92. The van der Waals surface area contributed by atoms with E-state index in [9.17, 15) is 0 Å². The third-order valence-corrected chi connectivity index (χ3v) is 2.94. The zero-order valence-corrected chi connectivity index (χ0v) is 8.88. The Morgan fingerprint density at radius 2 is 2.14 bits per heavy atom. The highest BCUT2D eigenvalue weighted by Crippen LogP contribution is 2.27. The van der Waals surface area contributed by atoms with Gasteiger partial charge in [0.1, 0.15) is 0 Å². The molecule has 1 aliphatic heterocycles. The highest BCUT2D eigenvalue weighted by molar-refractivity contribution is 5.56. The molecule has 0 aromatic heterocycles. The van der Waals surface area contributed by atoms with Gasteiger partial charge in [-0.05, 0) is 29.5 Å². The van der Waals surface area contributed by atoms with Crippen LogP contribution >= 0.6 is 0 Å². The van der Waals surface area contributed by atoms with Crippen molar-refractivity contribution in [1.82, 2.24) is 0 Å². The second-order valence-electron chi connectivity index (χ2n) is 4.36. The lowest BCUT2D eigenvalue weighted by Crippen LogP contribution is -2.16. The van der Waals surface area contributed by atoms with Gasteiger partial charge in [-0.25, -0.2) is 0 Å². The van der Waals surface area contributed by atoms with Crippen LogP contribution in [0.2, 0.25) is 0 Å². The van der Waals surface area contributed by atoms with E-state index in [1.165, 1.54) is 16.8 Å². The molecule has 0 spiro atoms. The van der Waals surface area contributed by atoms with Gasteiger partial charge in [-0.1, -0.05) is 26.0 Å². The van der Waals surface area contributed by atoms with Gasteiger partial charge in [0, 0.05) is 18.3 Å². The van der Waals surface area contributed by atoms with Crippen molar-refractivity contribution in [1.29, 1.82) is 0 Å². The molecule has 0 radical (unpaired) electrons. The minimum absolute atomic E-state index is 0.167. The highest BCUT2D eigenvalue weighted by atomic mass is 14.9. The Kier molecular flexibility index (Phi) is 2.46. The van der Waals surface area contributed by atoms with Crippen LogP contribution in [-0.2, 0) is 6.42 Å². The molecule has 0 saturated heterocycles. The van der Waals surface area contributed by atoms with Crippen LogP contribution in [0.25, 0.3) is 0 Å².